The van der Waals surface area contributed by atoms with Crippen molar-refractivity contribution in [3.8, 4) is 5.75 Å². The summed E-state index contributed by atoms with van der Waals surface area (Å²) in [6.07, 6.45) is 2.20. The molecule has 4 nitrogen and oxygen atoms in total. The van der Waals surface area contributed by atoms with E-state index in [1.54, 1.807) is 0 Å². The topological polar surface area (TPSA) is 59.6 Å². The lowest BCUT2D eigenvalue weighted by Crippen LogP contribution is -2.38. The van der Waals surface area contributed by atoms with Gasteiger partial charge in [-0.2, -0.15) is 0 Å². The zero-order chi connectivity index (χ0) is 15.8. The van der Waals surface area contributed by atoms with Crippen molar-refractivity contribution in [3.63, 3.8) is 0 Å². The molecule has 0 radical (unpaired) electrons. The first-order valence-corrected chi connectivity index (χ1v) is 7.78. The minimum atomic E-state index is 0.199. The van der Waals surface area contributed by atoms with E-state index in [0.29, 0.717) is 18.5 Å². The van der Waals surface area contributed by atoms with Crippen LogP contribution in [0.3, 0.4) is 0 Å². The van der Waals surface area contributed by atoms with Gasteiger partial charge in [-0.3, -0.25) is 0 Å². The second-order valence-electron chi connectivity index (χ2n) is 5.60. The predicted octanol–water partition coefficient (Wildman–Crippen LogP) is 3.38. The van der Waals surface area contributed by atoms with E-state index in [1.165, 1.54) is 5.56 Å². The highest BCUT2D eigenvalue weighted by atomic mass is 16.5. The van der Waals surface area contributed by atoms with Gasteiger partial charge in [-0.1, -0.05) is 26.0 Å². The molecule has 0 heterocycles. The zero-order valence-corrected chi connectivity index (χ0v) is 13.9. The van der Waals surface area contributed by atoms with Gasteiger partial charge in [0.25, 0.3) is 0 Å². The van der Waals surface area contributed by atoms with E-state index in [2.05, 4.69) is 63.1 Å². The highest BCUT2D eigenvalue weighted by Gasteiger charge is 2.08. The van der Waals surface area contributed by atoms with E-state index in [4.69, 9.17) is 10.5 Å². The molecule has 0 aliphatic carbocycles. The molecule has 1 aromatic rings. The molecule has 0 aromatic heterocycles. The molecule has 2 unspecified atom stereocenters. The molecule has 0 fully saturated rings. The molecular formula is C17H29N3O. The Morgan fingerprint density at radius 1 is 1.29 bits per heavy atom. The Labute approximate surface area is 128 Å². The van der Waals surface area contributed by atoms with Gasteiger partial charge in [0.15, 0.2) is 5.96 Å². The number of nitrogens with zero attached hydrogens (tertiary/aromatic N) is 1. The molecule has 0 saturated carbocycles. The fraction of sp³-hybridized carbons (Fsp3) is 0.588. The van der Waals surface area contributed by atoms with Crippen molar-refractivity contribution in [2.45, 2.75) is 66.2 Å². The number of benzene rings is 1. The molecule has 1 rings (SSSR count). The third kappa shape index (κ3) is 6.06. The van der Waals surface area contributed by atoms with E-state index in [1.807, 2.05) is 0 Å². The highest BCUT2D eigenvalue weighted by molar-refractivity contribution is 5.78. The average molecular weight is 291 g/mol. The number of ether oxygens (including phenoxy) is 1. The van der Waals surface area contributed by atoms with Gasteiger partial charge >= 0.3 is 0 Å². The van der Waals surface area contributed by atoms with Crippen molar-refractivity contribution in [2.75, 3.05) is 0 Å². The Morgan fingerprint density at radius 2 is 2.00 bits per heavy atom. The van der Waals surface area contributed by atoms with Crippen LogP contribution in [0.25, 0.3) is 0 Å². The molecule has 0 aliphatic rings. The normalized spacial score (nSPS) is 14.6. The van der Waals surface area contributed by atoms with Gasteiger partial charge in [-0.05, 0) is 45.2 Å². The highest BCUT2D eigenvalue weighted by Crippen LogP contribution is 2.23. The van der Waals surface area contributed by atoms with Gasteiger partial charge in [0, 0.05) is 11.6 Å². The van der Waals surface area contributed by atoms with Crippen molar-refractivity contribution in [1.82, 2.24) is 5.32 Å². The summed E-state index contributed by atoms with van der Waals surface area (Å²) < 4.78 is 5.98. The molecule has 3 N–H and O–H groups in total. The minimum Gasteiger partial charge on any atom is -0.490 e. The number of nitrogens with one attached hydrogen (secondary N) is 1. The van der Waals surface area contributed by atoms with Gasteiger partial charge in [0.1, 0.15) is 5.75 Å². The molecule has 0 saturated heterocycles. The number of hydrogen-bond donors (Lipinski definition) is 2. The Morgan fingerprint density at radius 3 is 2.62 bits per heavy atom. The predicted molar refractivity (Wildman–Crippen MR) is 89.8 cm³/mol. The number of rotatable bonds is 7. The van der Waals surface area contributed by atoms with Crippen LogP contribution in [0, 0.1) is 6.92 Å². The Balaban J connectivity index is 2.80. The first kappa shape index (κ1) is 17.3. The molecule has 0 spiro atoms. The second kappa shape index (κ2) is 8.55. The Kier molecular flexibility index (Phi) is 7.06. The van der Waals surface area contributed by atoms with Crippen LogP contribution in [-0.4, -0.2) is 18.1 Å². The van der Waals surface area contributed by atoms with Crippen LogP contribution in [0.15, 0.2) is 23.2 Å². The quantitative estimate of drug-likeness (QED) is 0.598. The van der Waals surface area contributed by atoms with Gasteiger partial charge in [-0.25, -0.2) is 4.99 Å². The smallest absolute Gasteiger partial charge is 0.189 e. The summed E-state index contributed by atoms with van der Waals surface area (Å²) in [5.41, 5.74) is 8.15. The van der Waals surface area contributed by atoms with Crippen molar-refractivity contribution in [2.24, 2.45) is 10.7 Å². The number of hydrogen-bond acceptors (Lipinski definition) is 2. The van der Waals surface area contributed by atoms with Crippen LogP contribution >= 0.6 is 0 Å². The summed E-state index contributed by atoms with van der Waals surface area (Å²) in [6, 6.07) is 6.54. The summed E-state index contributed by atoms with van der Waals surface area (Å²) in [7, 11) is 0. The van der Waals surface area contributed by atoms with Gasteiger partial charge < -0.3 is 15.8 Å². The minimum absolute atomic E-state index is 0.199. The maximum absolute atomic E-state index is 5.98. The largest absolute Gasteiger partial charge is 0.490 e. The number of guanidine groups is 1. The van der Waals surface area contributed by atoms with Gasteiger partial charge in [-0.15, -0.1) is 0 Å². The second-order valence-corrected chi connectivity index (χ2v) is 5.60. The average Bonchev–Trinajstić information content (AvgIpc) is 2.46. The van der Waals surface area contributed by atoms with E-state index in [0.717, 1.165) is 24.2 Å². The summed E-state index contributed by atoms with van der Waals surface area (Å²) in [6.45, 7) is 11.0. The lowest BCUT2D eigenvalue weighted by atomic mass is 10.1. The van der Waals surface area contributed by atoms with Crippen LogP contribution in [0.4, 0.5) is 0 Å². The van der Waals surface area contributed by atoms with Crippen LogP contribution < -0.4 is 15.8 Å². The molecule has 2 atom stereocenters. The maximum atomic E-state index is 5.98. The molecule has 0 bridgehead atoms. The monoisotopic (exact) mass is 291 g/mol. The van der Waals surface area contributed by atoms with Crippen molar-refractivity contribution in [3.05, 3.63) is 29.3 Å². The Bertz CT molecular complexity index is 471. The third-order valence-electron chi connectivity index (χ3n) is 3.55. The first-order chi connectivity index (χ1) is 9.96. The van der Waals surface area contributed by atoms with Crippen molar-refractivity contribution < 1.29 is 4.74 Å². The van der Waals surface area contributed by atoms with Crippen molar-refractivity contribution in [1.29, 1.82) is 0 Å². The SMILES string of the molecule is CCC(C)NC(N)=NCc1ccc(C)cc1OC(C)CC. The lowest BCUT2D eigenvalue weighted by Gasteiger charge is -2.16. The Hall–Kier alpha value is -1.71. The standard InChI is InChI=1S/C17H29N3O/c1-6-13(4)20-17(18)19-11-15-9-8-12(3)10-16(15)21-14(5)7-2/h8-10,13-14H,6-7,11H2,1-5H3,(H3,18,19,20). The molecule has 0 amide bonds. The van der Waals surface area contributed by atoms with Crippen LogP contribution in [0.1, 0.15) is 51.7 Å². The summed E-state index contributed by atoms with van der Waals surface area (Å²) >= 11 is 0. The maximum Gasteiger partial charge on any atom is 0.189 e. The number of nitrogens with two attached hydrogens (primary N) is 1. The third-order valence-corrected chi connectivity index (χ3v) is 3.55. The fourth-order valence-electron chi connectivity index (χ4n) is 1.77. The molecule has 21 heavy (non-hydrogen) atoms. The van der Waals surface area contributed by atoms with E-state index < -0.39 is 0 Å². The summed E-state index contributed by atoms with van der Waals surface area (Å²) in [4.78, 5) is 4.41. The summed E-state index contributed by atoms with van der Waals surface area (Å²) in [5.74, 6) is 1.39. The van der Waals surface area contributed by atoms with Crippen LogP contribution in [0.2, 0.25) is 0 Å². The van der Waals surface area contributed by atoms with Crippen LogP contribution in [0.5, 0.6) is 5.75 Å². The summed E-state index contributed by atoms with van der Waals surface area (Å²) in [5, 5.41) is 3.17. The van der Waals surface area contributed by atoms with Gasteiger partial charge in [0.05, 0.1) is 12.6 Å². The number of aliphatic imine (C=N–C) groups is 1. The fourth-order valence-corrected chi connectivity index (χ4v) is 1.77. The molecular weight excluding hydrogens is 262 g/mol. The lowest BCUT2D eigenvalue weighted by molar-refractivity contribution is 0.215. The zero-order valence-electron chi connectivity index (χ0n) is 13.9. The number of aryl methyl sites for hydroxylation is 1. The molecule has 1 aromatic carbocycles. The van der Waals surface area contributed by atoms with E-state index >= 15 is 0 Å². The first-order valence-electron chi connectivity index (χ1n) is 7.78. The molecule has 4 heteroatoms. The van der Waals surface area contributed by atoms with E-state index in [9.17, 15) is 0 Å². The van der Waals surface area contributed by atoms with Crippen LogP contribution in [-0.2, 0) is 6.54 Å². The molecule has 0 aliphatic heterocycles. The van der Waals surface area contributed by atoms with Gasteiger partial charge in [0.2, 0.25) is 0 Å². The molecule has 118 valence electrons. The van der Waals surface area contributed by atoms with Crippen molar-refractivity contribution >= 4 is 5.96 Å². The van der Waals surface area contributed by atoms with E-state index in [-0.39, 0.29) is 6.10 Å².